The quantitative estimate of drug-likeness (QED) is 0.815. The summed E-state index contributed by atoms with van der Waals surface area (Å²) in [6.45, 7) is 8.14. The molecule has 0 spiro atoms. The third kappa shape index (κ3) is 4.07. The van der Waals surface area contributed by atoms with E-state index in [2.05, 4.69) is 60.2 Å². The summed E-state index contributed by atoms with van der Waals surface area (Å²) in [6, 6.07) is 16.8. The molecule has 4 heteroatoms. The van der Waals surface area contributed by atoms with E-state index in [4.69, 9.17) is 0 Å². The van der Waals surface area contributed by atoms with Crippen LogP contribution in [0.1, 0.15) is 40.2 Å². The van der Waals surface area contributed by atoms with Gasteiger partial charge in [0.1, 0.15) is 0 Å². The zero-order valence-electron chi connectivity index (χ0n) is 17.1. The van der Waals surface area contributed by atoms with Crippen LogP contribution in [-0.2, 0) is 0 Å². The number of aryl methyl sites for hydroxylation is 1. The van der Waals surface area contributed by atoms with Crippen molar-refractivity contribution in [3.8, 4) is 0 Å². The van der Waals surface area contributed by atoms with Crippen LogP contribution in [0.15, 0.2) is 48.5 Å². The molecule has 2 aromatic carbocycles. The lowest BCUT2D eigenvalue weighted by atomic mass is 9.88. The first-order chi connectivity index (χ1) is 13.6. The van der Waals surface area contributed by atoms with E-state index in [1.165, 1.54) is 16.8 Å². The maximum atomic E-state index is 13.1. The van der Waals surface area contributed by atoms with E-state index in [1.54, 1.807) is 0 Å². The smallest absolute Gasteiger partial charge is 0.253 e. The Morgan fingerprint density at radius 1 is 0.929 bits per heavy atom. The number of rotatable bonds is 3. The number of hydrogen-bond donors (Lipinski definition) is 0. The van der Waals surface area contributed by atoms with Crippen LogP contribution in [0, 0.1) is 6.92 Å². The Morgan fingerprint density at radius 2 is 1.64 bits per heavy atom. The number of carbonyl (C=O) groups is 1. The molecule has 148 valence electrons. The standard InChI is InChI=1S/C24H31N3O/c1-19-6-3-4-8-23(19)21-7-5-13-27(18-21)24(28)20-9-11-22(12-10-20)26-16-14-25(2)15-17-26/h3-4,6,8-12,21H,5,7,13-18H2,1-2H3. The summed E-state index contributed by atoms with van der Waals surface area (Å²) < 4.78 is 0. The molecule has 0 aliphatic carbocycles. The highest BCUT2D eigenvalue weighted by Gasteiger charge is 2.26. The number of anilines is 1. The Kier molecular flexibility index (Phi) is 5.67. The Bertz CT molecular complexity index is 809. The molecular formula is C24H31N3O. The van der Waals surface area contributed by atoms with E-state index >= 15 is 0 Å². The van der Waals surface area contributed by atoms with E-state index < -0.39 is 0 Å². The van der Waals surface area contributed by atoms with Crippen molar-refractivity contribution in [1.82, 2.24) is 9.80 Å². The highest BCUT2D eigenvalue weighted by molar-refractivity contribution is 5.94. The molecule has 2 aliphatic heterocycles. The van der Waals surface area contributed by atoms with Crippen LogP contribution in [0.5, 0.6) is 0 Å². The molecule has 4 rings (SSSR count). The third-order valence-electron chi connectivity index (χ3n) is 6.32. The van der Waals surface area contributed by atoms with Gasteiger partial charge >= 0.3 is 0 Å². The summed E-state index contributed by atoms with van der Waals surface area (Å²) >= 11 is 0. The highest BCUT2D eigenvalue weighted by atomic mass is 16.2. The molecule has 0 radical (unpaired) electrons. The van der Waals surface area contributed by atoms with E-state index in [9.17, 15) is 4.79 Å². The monoisotopic (exact) mass is 377 g/mol. The third-order valence-corrected chi connectivity index (χ3v) is 6.32. The highest BCUT2D eigenvalue weighted by Crippen LogP contribution is 2.30. The first-order valence-corrected chi connectivity index (χ1v) is 10.5. The van der Waals surface area contributed by atoms with Gasteiger partial charge < -0.3 is 14.7 Å². The van der Waals surface area contributed by atoms with Crippen molar-refractivity contribution >= 4 is 11.6 Å². The molecule has 2 aromatic rings. The number of carbonyl (C=O) groups excluding carboxylic acids is 1. The van der Waals surface area contributed by atoms with Crippen LogP contribution in [0.3, 0.4) is 0 Å². The normalized spacial score (nSPS) is 21.0. The van der Waals surface area contributed by atoms with Crippen molar-refractivity contribution in [3.63, 3.8) is 0 Å². The number of piperazine rings is 1. The van der Waals surface area contributed by atoms with Crippen molar-refractivity contribution in [2.24, 2.45) is 0 Å². The zero-order valence-corrected chi connectivity index (χ0v) is 17.1. The molecule has 4 nitrogen and oxygen atoms in total. The maximum Gasteiger partial charge on any atom is 0.253 e. The Balaban J connectivity index is 1.43. The SMILES string of the molecule is Cc1ccccc1C1CCCN(C(=O)c2ccc(N3CCN(C)CC3)cc2)C1. The minimum atomic E-state index is 0.170. The number of likely N-dealkylation sites (N-methyl/N-ethyl adjacent to an activating group) is 1. The molecule has 0 saturated carbocycles. The van der Waals surface area contributed by atoms with Crippen LogP contribution in [0.25, 0.3) is 0 Å². The molecule has 1 amide bonds. The summed E-state index contributed by atoms with van der Waals surface area (Å²) in [7, 11) is 2.17. The van der Waals surface area contributed by atoms with Gasteiger partial charge in [0.25, 0.3) is 5.91 Å². The number of hydrogen-bond acceptors (Lipinski definition) is 3. The minimum absolute atomic E-state index is 0.170. The molecule has 2 heterocycles. The molecule has 2 aliphatic rings. The van der Waals surface area contributed by atoms with Crippen molar-refractivity contribution in [2.75, 3.05) is 51.2 Å². The lowest BCUT2D eigenvalue weighted by Gasteiger charge is -2.35. The maximum absolute atomic E-state index is 13.1. The minimum Gasteiger partial charge on any atom is -0.369 e. The second-order valence-corrected chi connectivity index (χ2v) is 8.28. The second-order valence-electron chi connectivity index (χ2n) is 8.28. The van der Waals surface area contributed by atoms with E-state index in [0.29, 0.717) is 5.92 Å². The number of likely N-dealkylation sites (tertiary alicyclic amines) is 1. The summed E-state index contributed by atoms with van der Waals surface area (Å²) in [5.74, 6) is 0.617. The number of nitrogens with zero attached hydrogens (tertiary/aromatic N) is 3. The fourth-order valence-electron chi connectivity index (χ4n) is 4.52. The van der Waals surface area contributed by atoms with Gasteiger partial charge in [0.05, 0.1) is 0 Å². The lowest BCUT2D eigenvalue weighted by Crippen LogP contribution is -2.44. The molecular weight excluding hydrogens is 346 g/mol. The van der Waals surface area contributed by atoms with Crippen LogP contribution < -0.4 is 4.90 Å². The second kappa shape index (κ2) is 8.36. The molecule has 2 saturated heterocycles. The summed E-state index contributed by atoms with van der Waals surface area (Å²) in [5, 5.41) is 0. The van der Waals surface area contributed by atoms with Gasteiger partial charge in [0, 0.05) is 56.4 Å². The molecule has 1 unspecified atom stereocenters. The van der Waals surface area contributed by atoms with Gasteiger partial charge in [-0.25, -0.2) is 0 Å². The topological polar surface area (TPSA) is 26.8 Å². The predicted octanol–water partition coefficient (Wildman–Crippen LogP) is 3.77. The van der Waals surface area contributed by atoms with E-state index in [0.717, 1.165) is 57.7 Å². The van der Waals surface area contributed by atoms with Gasteiger partial charge in [-0.3, -0.25) is 4.79 Å². The van der Waals surface area contributed by atoms with Crippen LogP contribution in [-0.4, -0.2) is 62.0 Å². The molecule has 2 fully saturated rings. The van der Waals surface area contributed by atoms with E-state index in [-0.39, 0.29) is 5.91 Å². The Morgan fingerprint density at radius 3 is 2.36 bits per heavy atom. The molecule has 0 aromatic heterocycles. The van der Waals surface area contributed by atoms with Gasteiger partial charge in [-0.05, 0) is 62.2 Å². The first kappa shape index (κ1) is 19.0. The van der Waals surface area contributed by atoms with Gasteiger partial charge in [0.15, 0.2) is 0 Å². The van der Waals surface area contributed by atoms with Crippen molar-refractivity contribution in [1.29, 1.82) is 0 Å². The Hall–Kier alpha value is -2.33. The summed E-state index contributed by atoms with van der Waals surface area (Å²) in [4.78, 5) is 19.9. The molecule has 0 N–H and O–H groups in total. The average molecular weight is 378 g/mol. The Labute approximate surface area is 168 Å². The van der Waals surface area contributed by atoms with Crippen LogP contribution in [0.4, 0.5) is 5.69 Å². The predicted molar refractivity (Wildman–Crippen MR) is 115 cm³/mol. The van der Waals surface area contributed by atoms with Gasteiger partial charge in [0.2, 0.25) is 0 Å². The molecule has 28 heavy (non-hydrogen) atoms. The number of benzene rings is 2. The van der Waals surface area contributed by atoms with Crippen LogP contribution >= 0.6 is 0 Å². The van der Waals surface area contributed by atoms with Crippen molar-refractivity contribution in [3.05, 3.63) is 65.2 Å². The van der Waals surface area contributed by atoms with Crippen LogP contribution in [0.2, 0.25) is 0 Å². The van der Waals surface area contributed by atoms with Gasteiger partial charge in [-0.15, -0.1) is 0 Å². The van der Waals surface area contributed by atoms with Crippen molar-refractivity contribution in [2.45, 2.75) is 25.7 Å². The summed E-state index contributed by atoms with van der Waals surface area (Å²) in [6.07, 6.45) is 2.24. The fourth-order valence-corrected chi connectivity index (χ4v) is 4.52. The fraction of sp³-hybridized carbons (Fsp3) is 0.458. The first-order valence-electron chi connectivity index (χ1n) is 10.5. The summed E-state index contributed by atoms with van der Waals surface area (Å²) in [5.41, 5.74) is 4.76. The lowest BCUT2D eigenvalue weighted by molar-refractivity contribution is 0.0707. The zero-order chi connectivity index (χ0) is 19.5. The van der Waals surface area contributed by atoms with Crippen molar-refractivity contribution < 1.29 is 4.79 Å². The number of piperidine rings is 1. The van der Waals surface area contributed by atoms with Gasteiger partial charge in [-0.2, -0.15) is 0 Å². The largest absolute Gasteiger partial charge is 0.369 e. The average Bonchev–Trinajstić information content (AvgIpc) is 2.74. The number of amides is 1. The molecule has 0 bridgehead atoms. The van der Waals surface area contributed by atoms with E-state index in [1.807, 2.05) is 17.0 Å². The molecule has 1 atom stereocenters. The van der Waals surface area contributed by atoms with Gasteiger partial charge in [-0.1, -0.05) is 24.3 Å².